The molecule has 23 heavy (non-hydrogen) atoms. The Morgan fingerprint density at radius 3 is 2.43 bits per heavy atom. The first-order valence-electron chi connectivity index (χ1n) is 7.40. The van der Waals surface area contributed by atoms with Crippen molar-refractivity contribution in [3.63, 3.8) is 0 Å². The van der Waals surface area contributed by atoms with Crippen LogP contribution in [0.3, 0.4) is 0 Å². The summed E-state index contributed by atoms with van der Waals surface area (Å²) in [4.78, 5) is 24.0. The van der Waals surface area contributed by atoms with Gasteiger partial charge in [0.1, 0.15) is 0 Å². The van der Waals surface area contributed by atoms with E-state index in [4.69, 9.17) is 14.2 Å². The van der Waals surface area contributed by atoms with E-state index in [1.54, 1.807) is 32.4 Å². The number of rotatable bonds is 8. The third kappa shape index (κ3) is 4.35. The van der Waals surface area contributed by atoms with Crippen LogP contribution in [-0.4, -0.2) is 46.3 Å². The molecule has 1 saturated carbocycles. The Kier molecular flexibility index (Phi) is 5.81. The summed E-state index contributed by atoms with van der Waals surface area (Å²) in [6, 6.07) is 5.14. The summed E-state index contributed by atoms with van der Waals surface area (Å²) in [5, 5.41) is 5.55. The Labute approximate surface area is 135 Å². The molecule has 2 unspecified atom stereocenters. The second-order valence-corrected chi connectivity index (χ2v) is 5.29. The number of benzene rings is 1. The molecule has 0 bridgehead atoms. The predicted octanol–water partition coefficient (Wildman–Crippen LogP) is 1.04. The van der Waals surface area contributed by atoms with Gasteiger partial charge in [-0.25, -0.2) is 0 Å². The van der Waals surface area contributed by atoms with Crippen LogP contribution in [0.15, 0.2) is 18.2 Å². The van der Waals surface area contributed by atoms with E-state index in [1.165, 1.54) is 7.11 Å². The van der Waals surface area contributed by atoms with Crippen LogP contribution in [0.5, 0.6) is 11.5 Å². The van der Waals surface area contributed by atoms with Gasteiger partial charge in [0.05, 0.1) is 32.7 Å². The molecule has 2 amide bonds. The van der Waals surface area contributed by atoms with Gasteiger partial charge in [0.15, 0.2) is 11.5 Å². The van der Waals surface area contributed by atoms with Crippen LogP contribution in [0.25, 0.3) is 0 Å². The molecule has 0 aromatic heterocycles. The minimum Gasteiger partial charge on any atom is -0.493 e. The molecule has 0 saturated heterocycles. The average molecular weight is 322 g/mol. The molecule has 2 atom stereocenters. The largest absolute Gasteiger partial charge is 0.493 e. The number of amides is 2. The molecule has 0 heterocycles. The standard InChI is InChI=1S/C16H22N2O5/c1-21-7-6-17-15(19)11-9-12(11)16(20)18-10-4-5-13(22-2)14(8-10)23-3/h4-5,8,11-12H,6-7,9H2,1-3H3,(H,17,19)(H,18,20). The minimum absolute atomic E-state index is 0.102. The maximum absolute atomic E-state index is 12.2. The number of hydrogen-bond acceptors (Lipinski definition) is 5. The number of carbonyl (C=O) groups is 2. The second kappa shape index (κ2) is 7.82. The summed E-state index contributed by atoms with van der Waals surface area (Å²) in [6.07, 6.45) is 0.567. The number of hydrogen-bond donors (Lipinski definition) is 2. The quantitative estimate of drug-likeness (QED) is 0.699. The van der Waals surface area contributed by atoms with Crippen LogP contribution in [0.1, 0.15) is 6.42 Å². The monoisotopic (exact) mass is 322 g/mol. The normalized spacial score (nSPS) is 18.9. The first-order chi connectivity index (χ1) is 11.1. The van der Waals surface area contributed by atoms with Gasteiger partial charge in [0.25, 0.3) is 0 Å². The van der Waals surface area contributed by atoms with Gasteiger partial charge in [-0.1, -0.05) is 0 Å². The van der Waals surface area contributed by atoms with Crippen LogP contribution in [0.4, 0.5) is 5.69 Å². The molecular weight excluding hydrogens is 300 g/mol. The Balaban J connectivity index is 1.87. The van der Waals surface area contributed by atoms with E-state index in [0.717, 1.165) is 0 Å². The lowest BCUT2D eigenvalue weighted by Gasteiger charge is -2.10. The number of anilines is 1. The average Bonchev–Trinajstić information content (AvgIpc) is 3.35. The summed E-state index contributed by atoms with van der Waals surface area (Å²) >= 11 is 0. The van der Waals surface area contributed by atoms with Crippen molar-refractivity contribution in [2.75, 3.05) is 39.8 Å². The zero-order chi connectivity index (χ0) is 16.8. The van der Waals surface area contributed by atoms with Crippen LogP contribution in [-0.2, 0) is 14.3 Å². The predicted molar refractivity (Wildman–Crippen MR) is 84.7 cm³/mol. The van der Waals surface area contributed by atoms with Crippen molar-refractivity contribution in [3.05, 3.63) is 18.2 Å². The van der Waals surface area contributed by atoms with Gasteiger partial charge in [-0.3, -0.25) is 9.59 Å². The maximum Gasteiger partial charge on any atom is 0.228 e. The molecule has 126 valence electrons. The second-order valence-electron chi connectivity index (χ2n) is 5.29. The van der Waals surface area contributed by atoms with Gasteiger partial charge in [0.2, 0.25) is 11.8 Å². The van der Waals surface area contributed by atoms with Crippen molar-refractivity contribution < 1.29 is 23.8 Å². The molecule has 2 rings (SSSR count). The van der Waals surface area contributed by atoms with E-state index >= 15 is 0 Å². The Hall–Kier alpha value is -2.28. The molecule has 1 fully saturated rings. The number of methoxy groups -OCH3 is 3. The van der Waals surface area contributed by atoms with Gasteiger partial charge in [0, 0.05) is 25.4 Å². The summed E-state index contributed by atoms with van der Waals surface area (Å²) < 4.78 is 15.2. The fourth-order valence-corrected chi connectivity index (χ4v) is 2.33. The van der Waals surface area contributed by atoms with Crippen LogP contribution < -0.4 is 20.1 Å². The van der Waals surface area contributed by atoms with E-state index in [2.05, 4.69) is 10.6 Å². The minimum atomic E-state index is -0.286. The third-order valence-electron chi connectivity index (χ3n) is 3.72. The van der Waals surface area contributed by atoms with Crippen molar-refractivity contribution in [2.24, 2.45) is 11.8 Å². The molecule has 7 nitrogen and oxygen atoms in total. The van der Waals surface area contributed by atoms with Crippen molar-refractivity contribution in [1.82, 2.24) is 5.32 Å². The highest BCUT2D eigenvalue weighted by molar-refractivity contribution is 5.99. The third-order valence-corrected chi connectivity index (χ3v) is 3.72. The van der Waals surface area contributed by atoms with Gasteiger partial charge in [-0.05, 0) is 18.6 Å². The van der Waals surface area contributed by atoms with E-state index in [9.17, 15) is 9.59 Å². The van der Waals surface area contributed by atoms with Gasteiger partial charge < -0.3 is 24.8 Å². The Bertz CT molecular complexity index is 576. The summed E-state index contributed by atoms with van der Waals surface area (Å²) in [5.41, 5.74) is 0.609. The molecule has 2 N–H and O–H groups in total. The zero-order valence-electron chi connectivity index (χ0n) is 13.5. The molecule has 7 heteroatoms. The number of ether oxygens (including phenoxy) is 3. The molecule has 0 aliphatic heterocycles. The van der Waals surface area contributed by atoms with Crippen molar-refractivity contribution in [2.45, 2.75) is 6.42 Å². The van der Waals surface area contributed by atoms with Gasteiger partial charge >= 0.3 is 0 Å². The number of carbonyl (C=O) groups excluding carboxylic acids is 2. The summed E-state index contributed by atoms with van der Waals surface area (Å²) in [6.45, 7) is 0.914. The summed E-state index contributed by atoms with van der Waals surface area (Å²) in [5.74, 6) is 0.318. The molecule has 1 aliphatic carbocycles. The van der Waals surface area contributed by atoms with E-state index in [1.807, 2.05) is 0 Å². The molecule has 0 spiro atoms. The van der Waals surface area contributed by atoms with E-state index < -0.39 is 0 Å². The first-order valence-corrected chi connectivity index (χ1v) is 7.40. The Morgan fingerprint density at radius 1 is 1.09 bits per heavy atom. The fourth-order valence-electron chi connectivity index (χ4n) is 2.33. The molecular formula is C16H22N2O5. The van der Waals surface area contributed by atoms with E-state index in [0.29, 0.717) is 36.8 Å². The van der Waals surface area contributed by atoms with Gasteiger partial charge in [-0.15, -0.1) is 0 Å². The SMILES string of the molecule is COCCNC(=O)C1CC1C(=O)Nc1ccc(OC)c(OC)c1. The van der Waals surface area contributed by atoms with Crippen LogP contribution >= 0.6 is 0 Å². The zero-order valence-corrected chi connectivity index (χ0v) is 13.5. The molecule has 0 radical (unpaired) electrons. The smallest absolute Gasteiger partial charge is 0.228 e. The lowest BCUT2D eigenvalue weighted by Crippen LogP contribution is -2.30. The van der Waals surface area contributed by atoms with Crippen molar-refractivity contribution >= 4 is 17.5 Å². The molecule has 1 aliphatic rings. The maximum atomic E-state index is 12.2. The van der Waals surface area contributed by atoms with Crippen LogP contribution in [0, 0.1) is 11.8 Å². The highest BCUT2D eigenvalue weighted by atomic mass is 16.5. The van der Waals surface area contributed by atoms with Crippen molar-refractivity contribution in [1.29, 1.82) is 0 Å². The van der Waals surface area contributed by atoms with Gasteiger partial charge in [-0.2, -0.15) is 0 Å². The Morgan fingerprint density at radius 2 is 1.78 bits per heavy atom. The topological polar surface area (TPSA) is 85.9 Å². The summed E-state index contributed by atoms with van der Waals surface area (Å²) in [7, 11) is 4.65. The molecule has 1 aromatic rings. The highest BCUT2D eigenvalue weighted by Gasteiger charge is 2.47. The van der Waals surface area contributed by atoms with E-state index in [-0.39, 0.29) is 23.7 Å². The lowest BCUT2D eigenvalue weighted by atomic mass is 10.2. The first kappa shape index (κ1) is 17.1. The number of nitrogens with one attached hydrogen (secondary N) is 2. The lowest BCUT2D eigenvalue weighted by molar-refractivity contribution is -0.125. The van der Waals surface area contributed by atoms with Crippen molar-refractivity contribution in [3.8, 4) is 11.5 Å². The molecule has 1 aromatic carbocycles. The fraction of sp³-hybridized carbons (Fsp3) is 0.500. The highest BCUT2D eigenvalue weighted by Crippen LogP contribution is 2.40. The van der Waals surface area contributed by atoms with Crippen LogP contribution in [0.2, 0.25) is 0 Å².